The van der Waals surface area contributed by atoms with Crippen molar-refractivity contribution in [3.63, 3.8) is 0 Å². The molecule has 1 aliphatic heterocycles. The molecule has 1 amide bonds. The zero-order valence-electron chi connectivity index (χ0n) is 16.7. The molecule has 0 aliphatic carbocycles. The minimum absolute atomic E-state index is 0.00510. The predicted molar refractivity (Wildman–Crippen MR) is 111 cm³/mol. The summed E-state index contributed by atoms with van der Waals surface area (Å²) in [5.74, 6) is 0.771. The van der Waals surface area contributed by atoms with Gasteiger partial charge in [-0.3, -0.25) is 4.79 Å². The Morgan fingerprint density at radius 1 is 1.11 bits per heavy atom. The largest absolute Gasteiger partial charge is 0.496 e. The van der Waals surface area contributed by atoms with E-state index in [0.29, 0.717) is 31.1 Å². The van der Waals surface area contributed by atoms with Crippen molar-refractivity contribution in [2.75, 3.05) is 33.3 Å². The summed E-state index contributed by atoms with van der Waals surface area (Å²) in [6.07, 6.45) is 0.284. The molecule has 0 saturated carbocycles. The van der Waals surface area contributed by atoms with Crippen LogP contribution in [-0.2, 0) is 21.2 Å². The van der Waals surface area contributed by atoms with Crippen LogP contribution in [0.3, 0.4) is 0 Å². The summed E-state index contributed by atoms with van der Waals surface area (Å²) in [6, 6.07) is 7.49. The van der Waals surface area contributed by atoms with Crippen LogP contribution in [0.1, 0.15) is 20.9 Å². The van der Waals surface area contributed by atoms with Gasteiger partial charge in [0.1, 0.15) is 5.75 Å². The van der Waals surface area contributed by atoms with Gasteiger partial charge in [0.25, 0.3) is 0 Å². The molecule has 28 heavy (non-hydrogen) atoms. The summed E-state index contributed by atoms with van der Waals surface area (Å²) in [6.45, 7) is 7.15. The van der Waals surface area contributed by atoms with Crippen molar-refractivity contribution in [2.45, 2.75) is 32.1 Å². The molecule has 2 heterocycles. The van der Waals surface area contributed by atoms with Gasteiger partial charge in [0.05, 0.1) is 18.4 Å². The zero-order valence-corrected chi connectivity index (χ0v) is 18.3. The lowest BCUT2D eigenvalue weighted by Gasteiger charge is -2.34. The minimum Gasteiger partial charge on any atom is -0.496 e. The first-order chi connectivity index (χ1) is 13.2. The van der Waals surface area contributed by atoms with Crippen molar-refractivity contribution in [3.8, 4) is 5.75 Å². The van der Waals surface area contributed by atoms with E-state index in [0.717, 1.165) is 26.6 Å². The zero-order chi connectivity index (χ0) is 20.5. The van der Waals surface area contributed by atoms with Gasteiger partial charge in [0.2, 0.25) is 15.9 Å². The van der Waals surface area contributed by atoms with Gasteiger partial charge < -0.3 is 9.64 Å². The van der Waals surface area contributed by atoms with Crippen LogP contribution in [0, 0.1) is 20.8 Å². The molecule has 1 aromatic carbocycles. The lowest BCUT2D eigenvalue weighted by atomic mass is 10.1. The molecular weight excluding hydrogens is 396 g/mol. The SMILES string of the molecule is COc1cc(CC(=O)N2CCN(S(=O)(=O)c3cc(C)sc3C)CC2)ccc1C. The van der Waals surface area contributed by atoms with Crippen LogP contribution in [0.25, 0.3) is 0 Å². The van der Waals surface area contributed by atoms with Crippen molar-refractivity contribution in [3.05, 3.63) is 45.1 Å². The molecule has 0 atom stereocenters. The molecule has 1 saturated heterocycles. The number of ether oxygens (including phenoxy) is 1. The van der Waals surface area contributed by atoms with E-state index in [1.807, 2.05) is 39.0 Å². The molecule has 1 aliphatic rings. The minimum atomic E-state index is -3.50. The van der Waals surface area contributed by atoms with Crippen LogP contribution in [0.15, 0.2) is 29.2 Å². The van der Waals surface area contributed by atoms with E-state index in [-0.39, 0.29) is 12.3 Å². The van der Waals surface area contributed by atoms with Crippen LogP contribution in [0.2, 0.25) is 0 Å². The second-order valence-corrected chi connectivity index (χ2v) is 10.4. The maximum Gasteiger partial charge on any atom is 0.244 e. The van der Waals surface area contributed by atoms with Crippen molar-refractivity contribution in [1.29, 1.82) is 0 Å². The Kier molecular flexibility index (Phi) is 6.12. The van der Waals surface area contributed by atoms with Crippen molar-refractivity contribution >= 4 is 27.3 Å². The highest BCUT2D eigenvalue weighted by Crippen LogP contribution is 2.28. The standard InChI is InChI=1S/C20H26N2O4S2/c1-14-5-6-17(12-18(14)26-4)13-20(23)21-7-9-22(10-8-21)28(24,25)19-11-15(2)27-16(19)3/h5-6,11-12H,7-10,13H2,1-4H3. The Hall–Kier alpha value is -1.90. The van der Waals surface area contributed by atoms with Gasteiger partial charge in [0.15, 0.2) is 0 Å². The number of amides is 1. The lowest BCUT2D eigenvalue weighted by molar-refractivity contribution is -0.131. The van der Waals surface area contributed by atoms with E-state index in [1.165, 1.54) is 15.6 Å². The molecule has 152 valence electrons. The topological polar surface area (TPSA) is 66.9 Å². The van der Waals surface area contributed by atoms with E-state index in [1.54, 1.807) is 18.1 Å². The number of carbonyl (C=O) groups excluding carboxylic acids is 1. The molecule has 8 heteroatoms. The van der Waals surface area contributed by atoms with Gasteiger partial charge in [-0.2, -0.15) is 4.31 Å². The third-order valence-electron chi connectivity index (χ3n) is 5.03. The normalized spacial score (nSPS) is 15.6. The van der Waals surface area contributed by atoms with Gasteiger partial charge in [-0.05, 0) is 44.0 Å². The maximum atomic E-state index is 12.9. The first-order valence-corrected chi connectivity index (χ1v) is 11.5. The summed E-state index contributed by atoms with van der Waals surface area (Å²) in [5.41, 5.74) is 1.92. The van der Waals surface area contributed by atoms with E-state index in [9.17, 15) is 13.2 Å². The van der Waals surface area contributed by atoms with Crippen LogP contribution < -0.4 is 4.74 Å². The Morgan fingerprint density at radius 2 is 1.79 bits per heavy atom. The van der Waals surface area contributed by atoms with Crippen molar-refractivity contribution in [1.82, 2.24) is 9.21 Å². The van der Waals surface area contributed by atoms with Gasteiger partial charge in [-0.1, -0.05) is 12.1 Å². The Labute approximate surface area is 170 Å². The van der Waals surface area contributed by atoms with Crippen LogP contribution in [0.5, 0.6) is 5.75 Å². The molecule has 0 unspecified atom stereocenters. The number of hydrogen-bond acceptors (Lipinski definition) is 5. The number of methoxy groups -OCH3 is 1. The first kappa shape index (κ1) is 20.8. The second-order valence-electron chi connectivity index (χ2n) is 7.04. The lowest BCUT2D eigenvalue weighted by Crippen LogP contribution is -2.50. The van der Waals surface area contributed by atoms with Gasteiger partial charge in [-0.25, -0.2) is 8.42 Å². The quantitative estimate of drug-likeness (QED) is 0.743. The van der Waals surface area contributed by atoms with Crippen LogP contribution >= 0.6 is 11.3 Å². The summed E-state index contributed by atoms with van der Waals surface area (Å²) < 4.78 is 32.6. The highest BCUT2D eigenvalue weighted by molar-refractivity contribution is 7.89. The fourth-order valence-electron chi connectivity index (χ4n) is 3.44. The second kappa shape index (κ2) is 8.23. The molecular formula is C20H26N2O4S2. The van der Waals surface area contributed by atoms with E-state index in [2.05, 4.69) is 0 Å². The molecule has 0 bridgehead atoms. The van der Waals surface area contributed by atoms with E-state index >= 15 is 0 Å². The van der Waals surface area contributed by atoms with Gasteiger partial charge in [0, 0.05) is 35.9 Å². The average Bonchev–Trinajstić information content (AvgIpc) is 3.02. The molecule has 1 aromatic heterocycles. The molecule has 2 aromatic rings. The van der Waals surface area contributed by atoms with Crippen molar-refractivity contribution < 1.29 is 17.9 Å². The van der Waals surface area contributed by atoms with Gasteiger partial charge >= 0.3 is 0 Å². The average molecular weight is 423 g/mol. The smallest absolute Gasteiger partial charge is 0.244 e. The summed E-state index contributed by atoms with van der Waals surface area (Å²) in [5, 5.41) is 0. The number of rotatable bonds is 5. The summed E-state index contributed by atoms with van der Waals surface area (Å²) in [4.78, 5) is 16.6. The summed E-state index contributed by atoms with van der Waals surface area (Å²) >= 11 is 1.49. The Morgan fingerprint density at radius 3 is 2.36 bits per heavy atom. The molecule has 1 fully saturated rings. The molecule has 0 radical (unpaired) electrons. The molecule has 6 nitrogen and oxygen atoms in total. The number of benzene rings is 1. The Balaban J connectivity index is 1.63. The molecule has 0 spiro atoms. The van der Waals surface area contributed by atoms with E-state index in [4.69, 9.17) is 4.74 Å². The third-order valence-corrected chi connectivity index (χ3v) is 8.15. The number of carbonyl (C=O) groups is 1. The first-order valence-electron chi connectivity index (χ1n) is 9.21. The molecule has 3 rings (SSSR count). The van der Waals surface area contributed by atoms with E-state index < -0.39 is 10.0 Å². The fraction of sp³-hybridized carbons (Fsp3) is 0.450. The molecule has 0 N–H and O–H groups in total. The third kappa shape index (κ3) is 4.24. The maximum absolute atomic E-state index is 12.9. The number of hydrogen-bond donors (Lipinski definition) is 0. The monoisotopic (exact) mass is 422 g/mol. The highest BCUT2D eigenvalue weighted by Gasteiger charge is 2.31. The number of sulfonamides is 1. The van der Waals surface area contributed by atoms with Gasteiger partial charge in [-0.15, -0.1) is 11.3 Å². The predicted octanol–water partition coefficient (Wildman–Crippen LogP) is 2.76. The number of piperazine rings is 1. The fourth-order valence-corrected chi connectivity index (χ4v) is 6.39. The summed E-state index contributed by atoms with van der Waals surface area (Å²) in [7, 11) is -1.89. The van der Waals surface area contributed by atoms with Crippen molar-refractivity contribution in [2.24, 2.45) is 0 Å². The number of aryl methyl sites for hydroxylation is 3. The Bertz CT molecular complexity index is 974. The van der Waals surface area contributed by atoms with Crippen LogP contribution in [0.4, 0.5) is 0 Å². The number of nitrogens with zero attached hydrogens (tertiary/aromatic N) is 2. The van der Waals surface area contributed by atoms with Crippen LogP contribution in [-0.4, -0.2) is 56.8 Å². The number of thiophene rings is 1. The highest BCUT2D eigenvalue weighted by atomic mass is 32.2.